The molecular formula is C25H34N2O4. The SMILES string of the molecule is CC.CC.COc1ccc(Cn2c(C)cc(=O)n(Cc3ccc(OC)cc3)c2=O)cc1. The Morgan fingerprint density at radius 3 is 1.45 bits per heavy atom. The smallest absolute Gasteiger partial charge is 0.331 e. The van der Waals surface area contributed by atoms with Crippen LogP contribution in [0.25, 0.3) is 0 Å². The molecule has 0 aliphatic carbocycles. The Hall–Kier alpha value is -3.28. The number of hydrogen-bond acceptors (Lipinski definition) is 4. The van der Waals surface area contributed by atoms with Crippen LogP contribution in [0.3, 0.4) is 0 Å². The van der Waals surface area contributed by atoms with Gasteiger partial charge in [-0.15, -0.1) is 0 Å². The minimum absolute atomic E-state index is 0.213. The normalized spacial score (nSPS) is 9.65. The molecule has 31 heavy (non-hydrogen) atoms. The summed E-state index contributed by atoms with van der Waals surface area (Å²) in [6, 6.07) is 16.3. The molecule has 6 nitrogen and oxygen atoms in total. The molecule has 0 atom stereocenters. The molecule has 0 saturated carbocycles. The fourth-order valence-corrected chi connectivity index (χ4v) is 2.89. The van der Waals surface area contributed by atoms with E-state index in [9.17, 15) is 9.59 Å². The van der Waals surface area contributed by atoms with Crippen molar-refractivity contribution in [2.75, 3.05) is 14.2 Å². The molecule has 0 amide bonds. The molecule has 0 aliphatic rings. The van der Waals surface area contributed by atoms with Crippen LogP contribution in [0.2, 0.25) is 0 Å². The largest absolute Gasteiger partial charge is 0.497 e. The van der Waals surface area contributed by atoms with Crippen molar-refractivity contribution >= 4 is 0 Å². The Balaban J connectivity index is 0.00000113. The summed E-state index contributed by atoms with van der Waals surface area (Å²) in [5, 5.41) is 0. The first-order valence-corrected chi connectivity index (χ1v) is 10.6. The van der Waals surface area contributed by atoms with Crippen LogP contribution >= 0.6 is 0 Å². The zero-order valence-corrected chi connectivity index (χ0v) is 19.6. The van der Waals surface area contributed by atoms with Crippen molar-refractivity contribution in [3.8, 4) is 11.5 Å². The van der Waals surface area contributed by atoms with Crippen molar-refractivity contribution < 1.29 is 9.47 Å². The number of rotatable bonds is 6. The highest BCUT2D eigenvalue weighted by atomic mass is 16.5. The Morgan fingerprint density at radius 1 is 0.677 bits per heavy atom. The van der Waals surface area contributed by atoms with Gasteiger partial charge in [0.1, 0.15) is 11.5 Å². The number of aromatic nitrogens is 2. The van der Waals surface area contributed by atoms with E-state index in [1.165, 1.54) is 10.6 Å². The van der Waals surface area contributed by atoms with Crippen LogP contribution in [0.15, 0.2) is 64.2 Å². The number of aryl methyl sites for hydroxylation is 1. The van der Waals surface area contributed by atoms with E-state index in [2.05, 4.69) is 0 Å². The van der Waals surface area contributed by atoms with Gasteiger partial charge in [-0.3, -0.25) is 13.9 Å². The number of ether oxygens (including phenoxy) is 2. The highest BCUT2D eigenvalue weighted by Crippen LogP contribution is 2.13. The van der Waals surface area contributed by atoms with Crippen molar-refractivity contribution in [1.82, 2.24) is 9.13 Å². The van der Waals surface area contributed by atoms with Crippen molar-refractivity contribution in [3.05, 3.63) is 92.3 Å². The first-order valence-electron chi connectivity index (χ1n) is 10.6. The van der Waals surface area contributed by atoms with Crippen LogP contribution in [0.5, 0.6) is 11.5 Å². The van der Waals surface area contributed by atoms with Crippen LogP contribution in [-0.2, 0) is 13.1 Å². The summed E-state index contributed by atoms with van der Waals surface area (Å²) in [4.78, 5) is 25.3. The zero-order valence-electron chi connectivity index (χ0n) is 19.6. The molecule has 0 bridgehead atoms. The van der Waals surface area contributed by atoms with Gasteiger partial charge in [0.25, 0.3) is 5.56 Å². The molecule has 0 spiro atoms. The van der Waals surface area contributed by atoms with Gasteiger partial charge in [0, 0.05) is 11.8 Å². The summed E-state index contributed by atoms with van der Waals surface area (Å²) < 4.78 is 13.2. The second kappa shape index (κ2) is 13.1. The van der Waals surface area contributed by atoms with Crippen LogP contribution < -0.4 is 20.7 Å². The number of hydrogen-bond donors (Lipinski definition) is 0. The molecule has 1 heterocycles. The summed E-state index contributed by atoms with van der Waals surface area (Å²) in [6.07, 6.45) is 0. The molecule has 0 radical (unpaired) electrons. The average Bonchev–Trinajstić information content (AvgIpc) is 2.83. The fraction of sp³-hybridized carbons (Fsp3) is 0.360. The lowest BCUT2D eigenvalue weighted by Crippen LogP contribution is -2.41. The summed E-state index contributed by atoms with van der Waals surface area (Å²) in [5.41, 5.74) is 1.81. The lowest BCUT2D eigenvalue weighted by Gasteiger charge is -2.14. The standard InChI is InChI=1S/C21H22N2O4.2C2H6/c1-15-12-20(24)23(14-17-6-10-19(27-3)11-7-17)21(25)22(15)13-16-4-8-18(26-2)9-5-16;2*1-2/h4-12H,13-14H2,1-3H3;2*1-2H3. The van der Waals surface area contributed by atoms with Gasteiger partial charge in [0.2, 0.25) is 0 Å². The Bertz CT molecular complexity index is 1030. The third-order valence-electron chi connectivity index (χ3n) is 4.49. The number of methoxy groups -OCH3 is 2. The van der Waals surface area contributed by atoms with Crippen LogP contribution in [-0.4, -0.2) is 23.4 Å². The van der Waals surface area contributed by atoms with E-state index in [-0.39, 0.29) is 17.8 Å². The van der Waals surface area contributed by atoms with E-state index in [0.29, 0.717) is 12.2 Å². The molecule has 6 heteroatoms. The Morgan fingerprint density at radius 2 is 1.06 bits per heavy atom. The molecule has 0 fully saturated rings. The molecule has 0 N–H and O–H groups in total. The zero-order chi connectivity index (χ0) is 23.4. The van der Waals surface area contributed by atoms with E-state index >= 15 is 0 Å². The molecule has 3 aromatic rings. The van der Waals surface area contributed by atoms with E-state index in [4.69, 9.17) is 9.47 Å². The van der Waals surface area contributed by atoms with Crippen LogP contribution in [0.4, 0.5) is 0 Å². The van der Waals surface area contributed by atoms with Crippen molar-refractivity contribution in [1.29, 1.82) is 0 Å². The third kappa shape index (κ3) is 6.88. The summed E-state index contributed by atoms with van der Waals surface area (Å²) in [7, 11) is 3.20. The van der Waals surface area contributed by atoms with Gasteiger partial charge in [-0.1, -0.05) is 52.0 Å². The second-order valence-corrected chi connectivity index (χ2v) is 6.27. The molecular weight excluding hydrogens is 392 g/mol. The van der Waals surface area contributed by atoms with Crippen molar-refractivity contribution in [3.63, 3.8) is 0 Å². The highest BCUT2D eigenvalue weighted by molar-refractivity contribution is 5.28. The predicted octanol–water partition coefficient (Wildman–Crippen LogP) is 4.48. The van der Waals surface area contributed by atoms with E-state index in [1.807, 2.05) is 76.2 Å². The van der Waals surface area contributed by atoms with Crippen molar-refractivity contribution in [2.45, 2.75) is 47.7 Å². The predicted molar refractivity (Wildman–Crippen MR) is 127 cm³/mol. The van der Waals surface area contributed by atoms with Gasteiger partial charge in [-0.2, -0.15) is 0 Å². The molecule has 2 aromatic carbocycles. The summed E-state index contributed by atoms with van der Waals surface area (Å²) in [5.74, 6) is 1.49. The van der Waals surface area contributed by atoms with Crippen LogP contribution in [0, 0.1) is 6.92 Å². The van der Waals surface area contributed by atoms with E-state index < -0.39 is 0 Å². The topological polar surface area (TPSA) is 62.5 Å². The monoisotopic (exact) mass is 426 g/mol. The molecule has 0 aliphatic heterocycles. The van der Waals surface area contributed by atoms with Crippen LogP contribution in [0.1, 0.15) is 44.5 Å². The van der Waals surface area contributed by atoms with Gasteiger partial charge in [0.15, 0.2) is 0 Å². The Kier molecular flexibility index (Phi) is 10.9. The molecule has 1 aromatic heterocycles. The van der Waals surface area contributed by atoms with Gasteiger partial charge in [0.05, 0.1) is 27.3 Å². The summed E-state index contributed by atoms with van der Waals surface area (Å²) >= 11 is 0. The fourth-order valence-electron chi connectivity index (χ4n) is 2.89. The van der Waals surface area contributed by atoms with Gasteiger partial charge >= 0.3 is 5.69 Å². The van der Waals surface area contributed by atoms with Gasteiger partial charge in [-0.25, -0.2) is 4.79 Å². The summed E-state index contributed by atoms with van der Waals surface area (Å²) in [6.45, 7) is 10.4. The average molecular weight is 427 g/mol. The Labute approximate surface area is 184 Å². The number of nitrogens with zero attached hydrogens (tertiary/aromatic N) is 2. The lowest BCUT2D eigenvalue weighted by molar-refractivity contribution is 0.414. The third-order valence-corrected chi connectivity index (χ3v) is 4.49. The molecule has 168 valence electrons. The van der Waals surface area contributed by atoms with Gasteiger partial charge in [-0.05, 0) is 42.3 Å². The van der Waals surface area contributed by atoms with Crippen molar-refractivity contribution in [2.24, 2.45) is 0 Å². The van der Waals surface area contributed by atoms with E-state index in [0.717, 1.165) is 22.6 Å². The number of benzene rings is 2. The second-order valence-electron chi connectivity index (χ2n) is 6.27. The molecule has 0 unspecified atom stereocenters. The maximum absolute atomic E-state index is 12.9. The first kappa shape index (κ1) is 25.8. The maximum atomic E-state index is 12.9. The quantitative estimate of drug-likeness (QED) is 0.583. The first-order chi connectivity index (χ1) is 15.0. The highest BCUT2D eigenvalue weighted by Gasteiger charge is 2.10. The molecule has 0 saturated heterocycles. The molecule has 3 rings (SSSR count). The lowest BCUT2D eigenvalue weighted by atomic mass is 10.2. The van der Waals surface area contributed by atoms with Gasteiger partial charge < -0.3 is 9.47 Å². The minimum atomic E-state index is -0.327. The van der Waals surface area contributed by atoms with E-state index in [1.54, 1.807) is 25.7 Å². The maximum Gasteiger partial charge on any atom is 0.331 e. The minimum Gasteiger partial charge on any atom is -0.497 e.